The van der Waals surface area contributed by atoms with Crippen LogP contribution >= 0.6 is 15.9 Å². The SMILES string of the molecule is Brc1cc2cccnc2o1. The molecule has 0 saturated heterocycles. The van der Waals surface area contributed by atoms with Gasteiger partial charge in [0.25, 0.3) is 0 Å². The molecule has 0 aliphatic rings. The van der Waals surface area contributed by atoms with Crippen LogP contribution in [0, 0.1) is 0 Å². The van der Waals surface area contributed by atoms with Gasteiger partial charge >= 0.3 is 0 Å². The molecule has 3 heteroatoms. The third-order valence-electron chi connectivity index (χ3n) is 1.26. The standard InChI is InChI=1S/C7H4BrNO/c8-6-4-5-2-1-3-9-7(5)10-6/h1-4H. The van der Waals surface area contributed by atoms with Gasteiger partial charge < -0.3 is 4.42 Å². The van der Waals surface area contributed by atoms with Crippen LogP contribution < -0.4 is 0 Å². The Balaban J connectivity index is 2.88. The maximum absolute atomic E-state index is 5.17. The fourth-order valence-electron chi connectivity index (χ4n) is 0.842. The van der Waals surface area contributed by atoms with Crippen molar-refractivity contribution in [3.8, 4) is 0 Å². The predicted octanol–water partition coefficient (Wildman–Crippen LogP) is 2.59. The highest BCUT2D eigenvalue weighted by Gasteiger charge is 1.98. The molecule has 50 valence electrons. The van der Waals surface area contributed by atoms with E-state index in [2.05, 4.69) is 20.9 Å². The van der Waals surface area contributed by atoms with Crippen LogP contribution in [0.4, 0.5) is 0 Å². The van der Waals surface area contributed by atoms with E-state index >= 15 is 0 Å². The van der Waals surface area contributed by atoms with E-state index in [9.17, 15) is 0 Å². The van der Waals surface area contributed by atoms with Crippen LogP contribution in [0.15, 0.2) is 33.5 Å². The molecule has 0 saturated carbocycles. The Bertz CT molecular complexity index is 322. The minimum absolute atomic E-state index is 0.675. The Labute approximate surface area is 66.0 Å². The van der Waals surface area contributed by atoms with Crippen molar-refractivity contribution in [3.05, 3.63) is 29.1 Å². The van der Waals surface area contributed by atoms with Gasteiger partial charge in [0, 0.05) is 17.6 Å². The van der Waals surface area contributed by atoms with Gasteiger partial charge in [-0.25, -0.2) is 4.98 Å². The van der Waals surface area contributed by atoms with Crippen molar-refractivity contribution in [2.75, 3.05) is 0 Å². The van der Waals surface area contributed by atoms with Crippen molar-refractivity contribution in [3.63, 3.8) is 0 Å². The number of pyridine rings is 1. The second-order valence-corrected chi connectivity index (χ2v) is 2.73. The summed E-state index contributed by atoms with van der Waals surface area (Å²) in [4.78, 5) is 4.01. The van der Waals surface area contributed by atoms with Crippen molar-refractivity contribution >= 4 is 27.0 Å². The summed E-state index contributed by atoms with van der Waals surface area (Å²) >= 11 is 3.22. The van der Waals surface area contributed by atoms with E-state index < -0.39 is 0 Å². The summed E-state index contributed by atoms with van der Waals surface area (Å²) in [6.07, 6.45) is 1.71. The zero-order chi connectivity index (χ0) is 6.97. The monoisotopic (exact) mass is 197 g/mol. The summed E-state index contributed by atoms with van der Waals surface area (Å²) in [5.74, 6) is 0. The van der Waals surface area contributed by atoms with E-state index in [1.807, 2.05) is 18.2 Å². The highest BCUT2D eigenvalue weighted by Crippen LogP contribution is 2.20. The molecule has 0 amide bonds. The molecule has 2 nitrogen and oxygen atoms in total. The molecule has 0 aromatic carbocycles. The minimum Gasteiger partial charge on any atom is -0.431 e. The van der Waals surface area contributed by atoms with E-state index in [4.69, 9.17) is 4.42 Å². The number of furan rings is 1. The van der Waals surface area contributed by atoms with Crippen LogP contribution in [-0.4, -0.2) is 4.98 Å². The molecule has 0 unspecified atom stereocenters. The van der Waals surface area contributed by atoms with E-state index in [0.29, 0.717) is 5.71 Å². The largest absolute Gasteiger partial charge is 0.431 e. The maximum Gasteiger partial charge on any atom is 0.227 e. The highest BCUT2D eigenvalue weighted by atomic mass is 79.9. The van der Waals surface area contributed by atoms with E-state index in [0.717, 1.165) is 10.1 Å². The lowest BCUT2D eigenvalue weighted by molar-refractivity contribution is 0.576. The third kappa shape index (κ3) is 0.827. The first-order valence-electron chi connectivity index (χ1n) is 2.86. The van der Waals surface area contributed by atoms with Gasteiger partial charge in [-0.1, -0.05) is 0 Å². The first kappa shape index (κ1) is 5.92. The van der Waals surface area contributed by atoms with Crippen LogP contribution in [0.1, 0.15) is 0 Å². The molecule has 2 heterocycles. The van der Waals surface area contributed by atoms with Crippen LogP contribution in [0.5, 0.6) is 0 Å². The average molecular weight is 198 g/mol. The molecule has 0 aliphatic heterocycles. The van der Waals surface area contributed by atoms with Crippen molar-refractivity contribution in [2.24, 2.45) is 0 Å². The highest BCUT2D eigenvalue weighted by molar-refractivity contribution is 9.10. The van der Waals surface area contributed by atoms with Crippen molar-refractivity contribution in [2.45, 2.75) is 0 Å². The molecular weight excluding hydrogens is 194 g/mol. The molecule has 2 aromatic rings. The summed E-state index contributed by atoms with van der Waals surface area (Å²) in [7, 11) is 0. The first-order valence-corrected chi connectivity index (χ1v) is 3.65. The van der Waals surface area contributed by atoms with Crippen LogP contribution in [0.2, 0.25) is 0 Å². The molecule has 0 atom stereocenters. The number of rotatable bonds is 0. The zero-order valence-electron chi connectivity index (χ0n) is 5.04. The fraction of sp³-hybridized carbons (Fsp3) is 0. The van der Waals surface area contributed by atoms with Gasteiger partial charge in [0.15, 0.2) is 4.67 Å². The van der Waals surface area contributed by atoms with Crippen LogP contribution in [0.3, 0.4) is 0 Å². The average Bonchev–Trinajstić information content (AvgIpc) is 2.27. The van der Waals surface area contributed by atoms with Gasteiger partial charge in [0.1, 0.15) is 0 Å². The fourth-order valence-corrected chi connectivity index (χ4v) is 1.24. The molecule has 2 rings (SSSR count). The quantitative estimate of drug-likeness (QED) is 0.650. The molecule has 0 N–H and O–H groups in total. The Morgan fingerprint density at radius 3 is 3.20 bits per heavy atom. The topological polar surface area (TPSA) is 26.0 Å². The van der Waals surface area contributed by atoms with E-state index in [-0.39, 0.29) is 0 Å². The Hall–Kier alpha value is -0.830. The van der Waals surface area contributed by atoms with Crippen LogP contribution in [0.25, 0.3) is 11.1 Å². The van der Waals surface area contributed by atoms with Crippen LogP contribution in [-0.2, 0) is 0 Å². The lowest BCUT2D eigenvalue weighted by atomic mass is 10.4. The lowest BCUT2D eigenvalue weighted by Gasteiger charge is -1.80. The van der Waals surface area contributed by atoms with Gasteiger partial charge in [-0.2, -0.15) is 0 Å². The molecular formula is C7H4BrNO. The first-order chi connectivity index (χ1) is 4.86. The maximum atomic E-state index is 5.17. The summed E-state index contributed by atoms with van der Waals surface area (Å²) in [5.41, 5.74) is 0.675. The lowest BCUT2D eigenvalue weighted by Crippen LogP contribution is -1.66. The van der Waals surface area contributed by atoms with E-state index in [1.54, 1.807) is 6.20 Å². The summed E-state index contributed by atoms with van der Waals surface area (Å²) in [6, 6.07) is 5.73. The molecule has 0 radical (unpaired) electrons. The summed E-state index contributed by atoms with van der Waals surface area (Å²) in [5, 5.41) is 1.02. The number of hydrogen-bond acceptors (Lipinski definition) is 2. The predicted molar refractivity (Wildman–Crippen MR) is 41.7 cm³/mol. The molecule has 0 bridgehead atoms. The van der Waals surface area contributed by atoms with Gasteiger partial charge in [-0.05, 0) is 28.1 Å². The smallest absolute Gasteiger partial charge is 0.227 e. The second kappa shape index (κ2) is 2.09. The Kier molecular flexibility index (Phi) is 1.24. The zero-order valence-corrected chi connectivity index (χ0v) is 6.63. The van der Waals surface area contributed by atoms with Gasteiger partial charge in [-0.15, -0.1) is 0 Å². The molecule has 2 aromatic heterocycles. The number of aromatic nitrogens is 1. The van der Waals surface area contributed by atoms with Crippen molar-refractivity contribution in [1.82, 2.24) is 4.98 Å². The van der Waals surface area contributed by atoms with Crippen molar-refractivity contribution in [1.29, 1.82) is 0 Å². The summed E-state index contributed by atoms with van der Waals surface area (Å²) < 4.78 is 5.90. The van der Waals surface area contributed by atoms with Gasteiger partial charge in [0.2, 0.25) is 5.71 Å². The second-order valence-electron chi connectivity index (χ2n) is 1.95. The molecule has 0 fully saturated rings. The van der Waals surface area contributed by atoms with Crippen molar-refractivity contribution < 1.29 is 4.42 Å². The number of fused-ring (bicyclic) bond motifs is 1. The minimum atomic E-state index is 0.675. The van der Waals surface area contributed by atoms with Gasteiger partial charge in [0.05, 0.1) is 0 Å². The summed E-state index contributed by atoms with van der Waals surface area (Å²) in [6.45, 7) is 0. The van der Waals surface area contributed by atoms with Gasteiger partial charge in [-0.3, -0.25) is 0 Å². The molecule has 0 spiro atoms. The molecule has 0 aliphatic carbocycles. The third-order valence-corrected chi connectivity index (χ3v) is 1.65. The normalized spacial score (nSPS) is 10.5. The number of nitrogens with zero attached hydrogens (tertiary/aromatic N) is 1. The number of hydrogen-bond donors (Lipinski definition) is 0. The Morgan fingerprint density at radius 1 is 1.50 bits per heavy atom. The number of halogens is 1. The van der Waals surface area contributed by atoms with E-state index in [1.165, 1.54) is 0 Å². The Morgan fingerprint density at radius 2 is 2.40 bits per heavy atom. The molecule has 10 heavy (non-hydrogen) atoms.